The van der Waals surface area contributed by atoms with E-state index in [0.29, 0.717) is 25.0 Å². The van der Waals surface area contributed by atoms with E-state index in [2.05, 4.69) is 0 Å². The lowest BCUT2D eigenvalue weighted by molar-refractivity contribution is -0.200. The maximum absolute atomic E-state index is 13.1. The summed E-state index contributed by atoms with van der Waals surface area (Å²) >= 11 is 0. The largest absolute Gasteiger partial charge is 0.430 e. The van der Waals surface area contributed by atoms with Crippen LogP contribution in [0.2, 0.25) is 0 Å². The Morgan fingerprint density at radius 1 is 1.17 bits per heavy atom. The lowest BCUT2D eigenvalue weighted by Crippen LogP contribution is -2.36. The molecule has 6 heteroatoms. The third-order valence-corrected chi connectivity index (χ3v) is 7.30. The molecule has 0 amide bonds. The van der Waals surface area contributed by atoms with E-state index in [1.807, 2.05) is 40.7 Å². The monoisotopic (exact) mass is 404 g/mol. The lowest BCUT2D eigenvalue weighted by Gasteiger charge is -2.30. The van der Waals surface area contributed by atoms with Crippen LogP contribution in [0, 0.1) is 23.7 Å². The molecule has 1 N–H and O–H groups in total. The lowest BCUT2D eigenvalue weighted by atomic mass is 9.80. The van der Waals surface area contributed by atoms with Crippen LogP contribution in [0.25, 0.3) is 0 Å². The number of ether oxygens (including phenoxy) is 3. The molecule has 4 rings (SSSR count). The topological polar surface area (TPSA) is 82.1 Å². The summed E-state index contributed by atoms with van der Waals surface area (Å²) in [4.78, 5) is 25.7. The Morgan fingerprint density at radius 2 is 1.86 bits per heavy atom. The highest BCUT2D eigenvalue weighted by molar-refractivity contribution is 5.89. The van der Waals surface area contributed by atoms with E-state index < -0.39 is 29.4 Å². The fourth-order valence-corrected chi connectivity index (χ4v) is 5.52. The Morgan fingerprint density at radius 3 is 2.52 bits per heavy atom. The summed E-state index contributed by atoms with van der Waals surface area (Å²) in [5, 5.41) is 10.7. The Labute approximate surface area is 172 Å². The second kappa shape index (κ2) is 6.76. The zero-order valence-electron chi connectivity index (χ0n) is 18.2. The van der Waals surface area contributed by atoms with Gasteiger partial charge in [-0.15, -0.1) is 0 Å². The second-order valence-corrected chi connectivity index (χ2v) is 9.90. The minimum Gasteiger partial charge on any atom is -0.430 e. The molecule has 3 aliphatic heterocycles. The zero-order chi connectivity index (χ0) is 21.3. The molecule has 0 aromatic heterocycles. The molecule has 3 fully saturated rings. The number of Topliss-reactive ketones (excluding diaryl/α,β-unsaturated/α-hetero) is 1. The van der Waals surface area contributed by atoms with Crippen molar-refractivity contribution in [2.24, 2.45) is 23.7 Å². The number of ketones is 1. The van der Waals surface area contributed by atoms with E-state index in [-0.39, 0.29) is 29.6 Å². The van der Waals surface area contributed by atoms with Crippen molar-refractivity contribution in [3.8, 4) is 0 Å². The average molecular weight is 405 g/mol. The van der Waals surface area contributed by atoms with E-state index in [9.17, 15) is 14.7 Å². The van der Waals surface area contributed by atoms with Crippen LogP contribution in [0.15, 0.2) is 23.0 Å². The van der Waals surface area contributed by atoms with Crippen molar-refractivity contribution in [1.29, 1.82) is 0 Å². The van der Waals surface area contributed by atoms with Crippen molar-refractivity contribution in [3.63, 3.8) is 0 Å². The summed E-state index contributed by atoms with van der Waals surface area (Å²) in [6.45, 7) is 11.5. The average Bonchev–Trinajstić information content (AvgIpc) is 3.21. The van der Waals surface area contributed by atoms with Crippen LogP contribution >= 0.6 is 0 Å². The summed E-state index contributed by atoms with van der Waals surface area (Å²) in [7, 11) is 0. The molecule has 160 valence electrons. The van der Waals surface area contributed by atoms with E-state index in [0.717, 1.165) is 11.1 Å². The van der Waals surface area contributed by atoms with Gasteiger partial charge in [-0.3, -0.25) is 9.59 Å². The number of carbonyl (C=O) groups is 2. The van der Waals surface area contributed by atoms with Crippen molar-refractivity contribution in [2.45, 2.75) is 84.4 Å². The van der Waals surface area contributed by atoms with Gasteiger partial charge in [0.15, 0.2) is 11.6 Å². The first kappa shape index (κ1) is 20.8. The van der Waals surface area contributed by atoms with Gasteiger partial charge in [-0.25, -0.2) is 0 Å². The number of fused-ring (bicyclic) bond motifs is 1. The van der Waals surface area contributed by atoms with Gasteiger partial charge in [-0.05, 0) is 64.0 Å². The third kappa shape index (κ3) is 3.11. The Kier molecular flexibility index (Phi) is 4.84. The fraction of sp³-hybridized carbons (Fsp3) is 0.739. The molecule has 3 heterocycles. The predicted octanol–water partition coefficient (Wildman–Crippen LogP) is 3.29. The Hall–Kier alpha value is -1.50. The molecule has 0 saturated carbocycles. The quantitative estimate of drug-likeness (QED) is 0.533. The van der Waals surface area contributed by atoms with Gasteiger partial charge < -0.3 is 19.3 Å². The first-order valence-corrected chi connectivity index (χ1v) is 10.7. The van der Waals surface area contributed by atoms with E-state index in [4.69, 9.17) is 14.2 Å². The van der Waals surface area contributed by atoms with Gasteiger partial charge in [0.2, 0.25) is 0 Å². The minimum absolute atomic E-state index is 0.124. The molecule has 29 heavy (non-hydrogen) atoms. The molecule has 3 saturated heterocycles. The first-order valence-electron chi connectivity index (χ1n) is 10.7. The minimum atomic E-state index is -1.57. The summed E-state index contributed by atoms with van der Waals surface area (Å²) in [6, 6.07) is 0. The van der Waals surface area contributed by atoms with Gasteiger partial charge in [0.05, 0.1) is 23.5 Å². The molecule has 7 atom stereocenters. The number of carbonyl (C=O) groups excluding carboxylic acids is 2. The maximum atomic E-state index is 13.1. The molecular formula is C23H32O6. The number of aliphatic hydroxyl groups is 1. The first-order chi connectivity index (χ1) is 13.5. The molecule has 0 aromatic carbocycles. The molecule has 0 bridgehead atoms. The van der Waals surface area contributed by atoms with Gasteiger partial charge >= 0.3 is 5.97 Å². The smallest absolute Gasteiger partial charge is 0.320 e. The van der Waals surface area contributed by atoms with Crippen LogP contribution in [-0.4, -0.2) is 40.5 Å². The van der Waals surface area contributed by atoms with Crippen LogP contribution in [-0.2, 0) is 23.8 Å². The van der Waals surface area contributed by atoms with Crippen LogP contribution in [0.3, 0.4) is 0 Å². The van der Waals surface area contributed by atoms with Crippen molar-refractivity contribution >= 4 is 11.8 Å². The summed E-state index contributed by atoms with van der Waals surface area (Å²) in [6.07, 6.45) is 3.08. The number of hydrogen-bond donors (Lipinski definition) is 1. The molecule has 6 nitrogen and oxygen atoms in total. The van der Waals surface area contributed by atoms with Crippen molar-refractivity contribution in [3.05, 3.63) is 23.0 Å². The number of allylic oxidation sites excluding steroid dienone is 2. The molecule has 1 aliphatic carbocycles. The third-order valence-electron chi connectivity index (χ3n) is 7.30. The highest BCUT2D eigenvalue weighted by Crippen LogP contribution is 2.52. The fourth-order valence-electron chi connectivity index (χ4n) is 5.52. The highest BCUT2D eigenvalue weighted by Gasteiger charge is 2.62. The second-order valence-electron chi connectivity index (χ2n) is 9.90. The van der Waals surface area contributed by atoms with E-state index in [1.54, 1.807) is 0 Å². The normalized spacial score (nSPS) is 46.9. The predicted molar refractivity (Wildman–Crippen MR) is 105 cm³/mol. The van der Waals surface area contributed by atoms with Gasteiger partial charge in [0.25, 0.3) is 0 Å². The van der Waals surface area contributed by atoms with Crippen LogP contribution < -0.4 is 0 Å². The van der Waals surface area contributed by atoms with Crippen molar-refractivity contribution in [2.75, 3.05) is 0 Å². The van der Waals surface area contributed by atoms with Gasteiger partial charge in [0, 0.05) is 0 Å². The van der Waals surface area contributed by atoms with Gasteiger partial charge in [-0.1, -0.05) is 19.9 Å². The number of hydrogen-bond acceptors (Lipinski definition) is 6. The molecule has 0 aromatic rings. The van der Waals surface area contributed by atoms with Crippen LogP contribution in [0.4, 0.5) is 0 Å². The number of esters is 1. The SMILES string of the molecule is CC1=C2OC(=O)[C@H]3[C@@H]2[C@H](O[C@@]3(C)O)/C(C)=C\C[C@@H]2C(=O)[C@@H](C(C)C)O[C@@]2(C)CC1. The Bertz CT molecular complexity index is 806. The molecular weight excluding hydrogens is 372 g/mol. The zero-order valence-corrected chi connectivity index (χ0v) is 18.2. The number of rotatable bonds is 1. The summed E-state index contributed by atoms with van der Waals surface area (Å²) in [5.41, 5.74) is 1.31. The molecule has 4 aliphatic rings. The van der Waals surface area contributed by atoms with Crippen molar-refractivity contribution < 1.29 is 28.9 Å². The van der Waals surface area contributed by atoms with Gasteiger partial charge in [-0.2, -0.15) is 0 Å². The summed E-state index contributed by atoms with van der Waals surface area (Å²) in [5.74, 6) is -2.39. The maximum Gasteiger partial charge on any atom is 0.320 e. The standard InChI is InChI=1S/C23H32O6/c1-11(2)18-17(24)14-8-7-12(3)20-15-16(23(6,26)29-20)21(25)27-19(15)13(4)9-10-22(14,5)28-18/h7,11,14-16,18,20,26H,8-10H2,1-6H3/b12-7-,19-13?/t14-,15+,16-,18-,20-,22+,23-/m1/s1. The summed E-state index contributed by atoms with van der Waals surface area (Å²) < 4.78 is 17.9. The highest BCUT2D eigenvalue weighted by atomic mass is 16.6. The Balaban J connectivity index is 1.77. The molecule has 0 radical (unpaired) electrons. The van der Waals surface area contributed by atoms with E-state index >= 15 is 0 Å². The van der Waals surface area contributed by atoms with Crippen LogP contribution in [0.5, 0.6) is 0 Å². The van der Waals surface area contributed by atoms with Gasteiger partial charge in [0.1, 0.15) is 17.8 Å². The molecule has 0 unspecified atom stereocenters. The molecule has 0 spiro atoms. The van der Waals surface area contributed by atoms with Crippen LogP contribution in [0.1, 0.15) is 60.8 Å². The van der Waals surface area contributed by atoms with Crippen molar-refractivity contribution in [1.82, 2.24) is 0 Å². The van der Waals surface area contributed by atoms with E-state index in [1.165, 1.54) is 6.92 Å².